The van der Waals surface area contributed by atoms with Crippen molar-refractivity contribution in [1.82, 2.24) is 9.88 Å². The van der Waals surface area contributed by atoms with Gasteiger partial charge in [0.1, 0.15) is 5.82 Å². The predicted molar refractivity (Wildman–Crippen MR) is 73.2 cm³/mol. The van der Waals surface area contributed by atoms with E-state index in [4.69, 9.17) is 0 Å². The first-order chi connectivity index (χ1) is 8.74. The molecule has 0 spiro atoms. The second-order valence-electron chi connectivity index (χ2n) is 4.87. The highest BCUT2D eigenvalue weighted by atomic mass is 16.1. The Kier molecular flexibility index (Phi) is 4.31. The second-order valence-corrected chi connectivity index (χ2v) is 4.87. The molecular weight excluding hydrogens is 226 g/mol. The average molecular weight is 247 g/mol. The van der Waals surface area contributed by atoms with Crippen molar-refractivity contribution in [3.05, 3.63) is 23.9 Å². The van der Waals surface area contributed by atoms with Gasteiger partial charge in [-0.15, -0.1) is 0 Å². The number of anilines is 1. The van der Waals surface area contributed by atoms with Crippen LogP contribution in [0.4, 0.5) is 5.82 Å². The third-order valence-corrected chi connectivity index (χ3v) is 3.69. The van der Waals surface area contributed by atoms with Crippen LogP contribution in [0.25, 0.3) is 0 Å². The summed E-state index contributed by atoms with van der Waals surface area (Å²) < 4.78 is 0. The number of likely N-dealkylation sites (N-methyl/N-ethyl adjacent to an activating group) is 2. The van der Waals surface area contributed by atoms with Gasteiger partial charge in [0.15, 0.2) is 6.29 Å². The number of aromatic nitrogens is 1. The molecule has 1 aliphatic heterocycles. The van der Waals surface area contributed by atoms with Gasteiger partial charge < -0.3 is 4.90 Å². The highest BCUT2D eigenvalue weighted by Crippen LogP contribution is 2.19. The fourth-order valence-electron chi connectivity index (χ4n) is 2.62. The van der Waals surface area contributed by atoms with Gasteiger partial charge in [-0.05, 0) is 38.1 Å². The molecule has 4 nitrogen and oxygen atoms in total. The van der Waals surface area contributed by atoms with E-state index in [1.807, 2.05) is 12.1 Å². The minimum Gasteiger partial charge on any atom is -0.358 e. The van der Waals surface area contributed by atoms with Crippen LogP contribution in [0.3, 0.4) is 0 Å². The van der Waals surface area contributed by atoms with Gasteiger partial charge in [-0.3, -0.25) is 9.69 Å². The number of hydrogen-bond donors (Lipinski definition) is 0. The topological polar surface area (TPSA) is 36.4 Å². The van der Waals surface area contributed by atoms with E-state index >= 15 is 0 Å². The Hall–Kier alpha value is -1.42. The number of nitrogens with zero attached hydrogens (tertiary/aromatic N) is 3. The lowest BCUT2D eigenvalue weighted by Gasteiger charge is -2.28. The Morgan fingerprint density at radius 2 is 2.39 bits per heavy atom. The number of rotatable bonds is 5. The smallest absolute Gasteiger partial charge is 0.151 e. The van der Waals surface area contributed by atoms with Crippen LogP contribution < -0.4 is 4.90 Å². The maximum absolute atomic E-state index is 10.6. The molecule has 98 valence electrons. The highest BCUT2D eigenvalue weighted by molar-refractivity contribution is 5.74. The van der Waals surface area contributed by atoms with E-state index in [2.05, 4.69) is 28.8 Å². The zero-order valence-electron chi connectivity index (χ0n) is 11.2. The number of carbonyl (C=O) groups is 1. The number of aldehydes is 1. The van der Waals surface area contributed by atoms with Crippen LogP contribution in [0.5, 0.6) is 0 Å². The van der Waals surface area contributed by atoms with Crippen LogP contribution in [0, 0.1) is 0 Å². The third-order valence-electron chi connectivity index (χ3n) is 3.69. The van der Waals surface area contributed by atoms with E-state index in [0.717, 1.165) is 25.2 Å². The van der Waals surface area contributed by atoms with Gasteiger partial charge in [0.25, 0.3) is 0 Å². The third kappa shape index (κ3) is 2.88. The van der Waals surface area contributed by atoms with Crippen molar-refractivity contribution in [2.75, 3.05) is 31.6 Å². The maximum Gasteiger partial charge on any atom is 0.151 e. The summed E-state index contributed by atoms with van der Waals surface area (Å²) in [6, 6.07) is 4.36. The highest BCUT2D eigenvalue weighted by Gasteiger charge is 2.24. The molecule has 1 saturated heterocycles. The molecule has 0 radical (unpaired) electrons. The molecule has 0 saturated carbocycles. The van der Waals surface area contributed by atoms with E-state index in [1.165, 1.54) is 19.4 Å². The van der Waals surface area contributed by atoms with Crippen LogP contribution >= 0.6 is 0 Å². The number of hydrogen-bond acceptors (Lipinski definition) is 4. The Balaban J connectivity index is 1.97. The van der Waals surface area contributed by atoms with Crippen LogP contribution in [0.1, 0.15) is 30.1 Å². The van der Waals surface area contributed by atoms with Gasteiger partial charge in [-0.25, -0.2) is 4.98 Å². The normalized spacial score (nSPS) is 20.0. The minimum absolute atomic E-state index is 0.628. The summed E-state index contributed by atoms with van der Waals surface area (Å²) in [7, 11) is 2.06. The first-order valence-electron chi connectivity index (χ1n) is 6.61. The molecule has 1 aromatic rings. The molecule has 18 heavy (non-hydrogen) atoms. The number of pyridine rings is 1. The molecule has 0 N–H and O–H groups in total. The van der Waals surface area contributed by atoms with E-state index in [-0.39, 0.29) is 0 Å². The van der Waals surface area contributed by atoms with Gasteiger partial charge in [0.05, 0.1) is 0 Å². The molecule has 0 aliphatic carbocycles. The largest absolute Gasteiger partial charge is 0.358 e. The van der Waals surface area contributed by atoms with Crippen molar-refractivity contribution in [3.8, 4) is 0 Å². The van der Waals surface area contributed by atoms with E-state index in [9.17, 15) is 4.79 Å². The molecule has 0 amide bonds. The summed E-state index contributed by atoms with van der Waals surface area (Å²) in [6.07, 6.45) is 5.02. The summed E-state index contributed by atoms with van der Waals surface area (Å²) in [5.74, 6) is 0.934. The molecule has 1 aliphatic rings. The number of carbonyl (C=O) groups excluding carboxylic acids is 1. The maximum atomic E-state index is 10.6. The molecule has 0 bridgehead atoms. The molecule has 1 atom stereocenters. The Morgan fingerprint density at radius 3 is 3.00 bits per heavy atom. The lowest BCUT2D eigenvalue weighted by Crippen LogP contribution is -2.39. The van der Waals surface area contributed by atoms with Crippen molar-refractivity contribution in [2.45, 2.75) is 25.8 Å². The first kappa shape index (κ1) is 13.0. The standard InChI is InChI=1S/C14H21N3O/c1-3-17-8-4-5-13(17)10-16(2)14-7-6-12(11-18)9-15-14/h6-7,9,11,13H,3-5,8,10H2,1-2H3. The Morgan fingerprint density at radius 1 is 1.56 bits per heavy atom. The SMILES string of the molecule is CCN1CCCC1CN(C)c1ccc(C=O)cn1. The van der Waals surface area contributed by atoms with Crippen LogP contribution in [-0.2, 0) is 0 Å². The first-order valence-corrected chi connectivity index (χ1v) is 6.61. The van der Waals surface area contributed by atoms with Crippen molar-refractivity contribution in [1.29, 1.82) is 0 Å². The molecule has 1 aromatic heterocycles. The Labute approximate surface area is 109 Å². The van der Waals surface area contributed by atoms with Crippen LogP contribution in [-0.4, -0.2) is 48.9 Å². The fraction of sp³-hybridized carbons (Fsp3) is 0.571. The van der Waals surface area contributed by atoms with Crippen molar-refractivity contribution < 1.29 is 4.79 Å². The summed E-state index contributed by atoms with van der Waals surface area (Å²) in [6.45, 7) is 5.55. The Bertz CT molecular complexity index is 391. The van der Waals surface area contributed by atoms with Crippen LogP contribution in [0.15, 0.2) is 18.3 Å². The van der Waals surface area contributed by atoms with Gasteiger partial charge in [0, 0.05) is 31.4 Å². The molecular formula is C14H21N3O. The fourth-order valence-corrected chi connectivity index (χ4v) is 2.62. The predicted octanol–water partition coefficient (Wildman–Crippen LogP) is 1.81. The monoisotopic (exact) mass is 247 g/mol. The molecule has 1 unspecified atom stereocenters. The quantitative estimate of drug-likeness (QED) is 0.744. The molecule has 0 aromatic carbocycles. The zero-order valence-corrected chi connectivity index (χ0v) is 11.2. The molecule has 1 fully saturated rings. The molecule has 2 rings (SSSR count). The van der Waals surface area contributed by atoms with Gasteiger partial charge in [-0.2, -0.15) is 0 Å². The van der Waals surface area contributed by atoms with Gasteiger partial charge >= 0.3 is 0 Å². The summed E-state index contributed by atoms with van der Waals surface area (Å²) >= 11 is 0. The van der Waals surface area contributed by atoms with E-state index in [0.29, 0.717) is 11.6 Å². The molecule has 4 heteroatoms. The lowest BCUT2D eigenvalue weighted by molar-refractivity contribution is 0.112. The van der Waals surface area contributed by atoms with E-state index < -0.39 is 0 Å². The van der Waals surface area contributed by atoms with Gasteiger partial charge in [0.2, 0.25) is 0 Å². The van der Waals surface area contributed by atoms with Gasteiger partial charge in [-0.1, -0.05) is 6.92 Å². The van der Waals surface area contributed by atoms with Crippen molar-refractivity contribution >= 4 is 12.1 Å². The minimum atomic E-state index is 0.628. The number of likely N-dealkylation sites (tertiary alicyclic amines) is 1. The molecule has 2 heterocycles. The second kappa shape index (κ2) is 5.96. The summed E-state index contributed by atoms with van der Waals surface area (Å²) in [4.78, 5) is 19.6. The summed E-state index contributed by atoms with van der Waals surface area (Å²) in [5.41, 5.74) is 0.628. The average Bonchev–Trinajstić information content (AvgIpc) is 2.86. The van der Waals surface area contributed by atoms with E-state index in [1.54, 1.807) is 6.20 Å². The van der Waals surface area contributed by atoms with Crippen LogP contribution in [0.2, 0.25) is 0 Å². The summed E-state index contributed by atoms with van der Waals surface area (Å²) in [5, 5.41) is 0. The van der Waals surface area contributed by atoms with Crippen molar-refractivity contribution in [2.24, 2.45) is 0 Å². The zero-order chi connectivity index (χ0) is 13.0. The van der Waals surface area contributed by atoms with Crippen molar-refractivity contribution in [3.63, 3.8) is 0 Å². The lowest BCUT2D eigenvalue weighted by atomic mass is 10.2.